The SMILES string of the molecule is Cc1ncsc1CCOc1ccc([C@@H](C)N)c(Br)c1. The van der Waals surface area contributed by atoms with Crippen LogP contribution in [0.25, 0.3) is 0 Å². The van der Waals surface area contributed by atoms with Crippen molar-refractivity contribution in [1.29, 1.82) is 0 Å². The Labute approximate surface area is 125 Å². The molecule has 5 heteroatoms. The minimum atomic E-state index is 0.0169. The highest BCUT2D eigenvalue weighted by molar-refractivity contribution is 9.10. The number of aromatic nitrogens is 1. The molecule has 1 aromatic heterocycles. The first-order valence-electron chi connectivity index (χ1n) is 6.14. The summed E-state index contributed by atoms with van der Waals surface area (Å²) < 4.78 is 6.75. The van der Waals surface area contributed by atoms with E-state index < -0.39 is 0 Å². The van der Waals surface area contributed by atoms with Crippen LogP contribution in [0.3, 0.4) is 0 Å². The average Bonchev–Trinajstić information content (AvgIpc) is 2.75. The van der Waals surface area contributed by atoms with Gasteiger partial charge in [-0.2, -0.15) is 0 Å². The van der Waals surface area contributed by atoms with Crippen LogP contribution in [-0.2, 0) is 6.42 Å². The Morgan fingerprint density at radius 2 is 2.26 bits per heavy atom. The number of ether oxygens (including phenoxy) is 1. The maximum Gasteiger partial charge on any atom is 0.120 e. The number of hydrogen-bond donors (Lipinski definition) is 1. The predicted octanol–water partition coefficient (Wildman–Crippen LogP) is 3.86. The molecule has 102 valence electrons. The number of halogens is 1. The summed E-state index contributed by atoms with van der Waals surface area (Å²) >= 11 is 5.20. The van der Waals surface area contributed by atoms with Gasteiger partial charge in [0.25, 0.3) is 0 Å². The summed E-state index contributed by atoms with van der Waals surface area (Å²) in [4.78, 5) is 5.51. The minimum absolute atomic E-state index is 0.0169. The fraction of sp³-hybridized carbons (Fsp3) is 0.357. The summed E-state index contributed by atoms with van der Waals surface area (Å²) in [5.41, 5.74) is 9.93. The van der Waals surface area contributed by atoms with Crippen LogP contribution in [0.4, 0.5) is 0 Å². The molecule has 3 nitrogen and oxygen atoms in total. The van der Waals surface area contributed by atoms with Gasteiger partial charge in [-0.3, -0.25) is 0 Å². The topological polar surface area (TPSA) is 48.1 Å². The Balaban J connectivity index is 1.93. The molecule has 2 N–H and O–H groups in total. The normalized spacial score (nSPS) is 12.4. The Bertz CT molecular complexity index is 554. The number of thiazole rings is 1. The lowest BCUT2D eigenvalue weighted by molar-refractivity contribution is 0.322. The van der Waals surface area contributed by atoms with Gasteiger partial charge in [0.2, 0.25) is 0 Å². The number of nitrogens with zero attached hydrogens (tertiary/aromatic N) is 1. The molecule has 1 heterocycles. The third-order valence-electron chi connectivity index (χ3n) is 2.91. The van der Waals surface area contributed by atoms with Gasteiger partial charge in [0.15, 0.2) is 0 Å². The molecular formula is C14H17BrN2OS. The Morgan fingerprint density at radius 1 is 1.47 bits per heavy atom. The van der Waals surface area contributed by atoms with Gasteiger partial charge in [0, 0.05) is 21.8 Å². The molecule has 0 unspecified atom stereocenters. The second-order valence-corrected chi connectivity index (χ2v) is 6.23. The van der Waals surface area contributed by atoms with Crippen LogP contribution >= 0.6 is 27.3 Å². The van der Waals surface area contributed by atoms with Crippen LogP contribution in [-0.4, -0.2) is 11.6 Å². The highest BCUT2D eigenvalue weighted by Gasteiger charge is 2.07. The van der Waals surface area contributed by atoms with E-state index >= 15 is 0 Å². The van der Waals surface area contributed by atoms with Gasteiger partial charge in [0.05, 0.1) is 17.8 Å². The van der Waals surface area contributed by atoms with Crippen molar-refractivity contribution in [2.45, 2.75) is 26.3 Å². The van der Waals surface area contributed by atoms with Crippen LogP contribution in [0.1, 0.15) is 29.1 Å². The summed E-state index contributed by atoms with van der Waals surface area (Å²) in [6.07, 6.45) is 0.892. The van der Waals surface area contributed by atoms with E-state index in [1.165, 1.54) is 4.88 Å². The third kappa shape index (κ3) is 3.78. The molecule has 2 rings (SSSR count). The summed E-state index contributed by atoms with van der Waals surface area (Å²) in [7, 11) is 0. The van der Waals surface area contributed by atoms with Gasteiger partial charge in [-0.05, 0) is 31.5 Å². The zero-order valence-electron chi connectivity index (χ0n) is 11.0. The molecule has 0 spiro atoms. The van der Waals surface area contributed by atoms with E-state index in [0.29, 0.717) is 6.61 Å². The lowest BCUT2D eigenvalue weighted by atomic mass is 10.1. The summed E-state index contributed by atoms with van der Waals surface area (Å²) in [6.45, 7) is 4.65. The minimum Gasteiger partial charge on any atom is -0.493 e. The van der Waals surface area contributed by atoms with Crippen molar-refractivity contribution in [3.05, 3.63) is 44.3 Å². The van der Waals surface area contributed by atoms with Gasteiger partial charge in [-0.15, -0.1) is 11.3 Å². The van der Waals surface area contributed by atoms with E-state index in [2.05, 4.69) is 20.9 Å². The molecule has 2 aromatic rings. The van der Waals surface area contributed by atoms with Crippen LogP contribution in [0.2, 0.25) is 0 Å². The lowest BCUT2D eigenvalue weighted by Crippen LogP contribution is -2.06. The quantitative estimate of drug-likeness (QED) is 0.898. The van der Waals surface area contributed by atoms with Crippen molar-refractivity contribution >= 4 is 27.3 Å². The standard InChI is InChI=1S/C14H17BrN2OS/c1-9(16)12-4-3-11(7-13(12)15)18-6-5-14-10(2)17-8-19-14/h3-4,7-9H,5-6,16H2,1-2H3/t9-/m1/s1. The second kappa shape index (κ2) is 6.50. The van der Waals surface area contributed by atoms with Crippen molar-refractivity contribution in [2.24, 2.45) is 5.73 Å². The summed E-state index contributed by atoms with van der Waals surface area (Å²) in [6, 6.07) is 5.95. The molecule has 0 saturated heterocycles. The fourth-order valence-corrected chi connectivity index (χ4v) is 3.28. The van der Waals surface area contributed by atoms with E-state index in [0.717, 1.165) is 27.9 Å². The maximum atomic E-state index is 5.87. The number of benzene rings is 1. The molecular weight excluding hydrogens is 324 g/mol. The van der Waals surface area contributed by atoms with Gasteiger partial charge in [-0.25, -0.2) is 4.98 Å². The maximum absolute atomic E-state index is 5.87. The fourth-order valence-electron chi connectivity index (χ4n) is 1.79. The zero-order valence-corrected chi connectivity index (χ0v) is 13.4. The molecule has 0 bridgehead atoms. The van der Waals surface area contributed by atoms with Crippen LogP contribution < -0.4 is 10.5 Å². The molecule has 0 amide bonds. The molecule has 0 aliphatic heterocycles. The predicted molar refractivity (Wildman–Crippen MR) is 82.8 cm³/mol. The van der Waals surface area contributed by atoms with E-state index in [1.54, 1.807) is 11.3 Å². The van der Waals surface area contributed by atoms with Gasteiger partial charge < -0.3 is 10.5 Å². The Hall–Kier alpha value is -0.910. The van der Waals surface area contributed by atoms with Crippen molar-refractivity contribution in [1.82, 2.24) is 4.98 Å². The molecule has 0 aliphatic rings. The van der Waals surface area contributed by atoms with Crippen LogP contribution in [0.15, 0.2) is 28.2 Å². The van der Waals surface area contributed by atoms with E-state index in [-0.39, 0.29) is 6.04 Å². The Morgan fingerprint density at radius 3 is 2.84 bits per heavy atom. The highest BCUT2D eigenvalue weighted by Crippen LogP contribution is 2.26. The summed E-state index contributed by atoms with van der Waals surface area (Å²) in [5, 5.41) is 0. The molecule has 1 atom stereocenters. The first-order valence-corrected chi connectivity index (χ1v) is 7.82. The molecule has 1 aromatic carbocycles. The van der Waals surface area contributed by atoms with Crippen molar-refractivity contribution in [3.8, 4) is 5.75 Å². The van der Waals surface area contributed by atoms with E-state index in [1.807, 2.05) is 37.6 Å². The van der Waals surface area contributed by atoms with Crippen molar-refractivity contribution < 1.29 is 4.74 Å². The van der Waals surface area contributed by atoms with Gasteiger partial charge >= 0.3 is 0 Å². The lowest BCUT2D eigenvalue weighted by Gasteiger charge is -2.11. The highest BCUT2D eigenvalue weighted by atomic mass is 79.9. The van der Waals surface area contributed by atoms with Gasteiger partial charge in [0.1, 0.15) is 5.75 Å². The van der Waals surface area contributed by atoms with Crippen LogP contribution in [0, 0.1) is 6.92 Å². The van der Waals surface area contributed by atoms with E-state index in [4.69, 9.17) is 10.5 Å². The zero-order chi connectivity index (χ0) is 13.8. The van der Waals surface area contributed by atoms with Crippen LogP contribution in [0.5, 0.6) is 5.75 Å². The van der Waals surface area contributed by atoms with Gasteiger partial charge in [-0.1, -0.05) is 22.0 Å². The third-order valence-corrected chi connectivity index (χ3v) is 4.59. The summed E-state index contributed by atoms with van der Waals surface area (Å²) in [5.74, 6) is 0.860. The molecule has 0 radical (unpaired) electrons. The molecule has 19 heavy (non-hydrogen) atoms. The van der Waals surface area contributed by atoms with Crippen molar-refractivity contribution in [3.63, 3.8) is 0 Å². The average molecular weight is 341 g/mol. The first kappa shape index (κ1) is 14.5. The number of nitrogens with two attached hydrogens (primary N) is 1. The van der Waals surface area contributed by atoms with E-state index in [9.17, 15) is 0 Å². The number of hydrogen-bond acceptors (Lipinski definition) is 4. The number of rotatable bonds is 5. The monoisotopic (exact) mass is 340 g/mol. The number of aryl methyl sites for hydroxylation is 1. The second-order valence-electron chi connectivity index (χ2n) is 4.43. The van der Waals surface area contributed by atoms with Crippen molar-refractivity contribution in [2.75, 3.05) is 6.61 Å². The Kier molecular flexibility index (Phi) is 4.96. The first-order chi connectivity index (χ1) is 9.08. The molecule has 0 aliphatic carbocycles. The molecule has 0 saturated carbocycles. The largest absolute Gasteiger partial charge is 0.493 e. The smallest absolute Gasteiger partial charge is 0.120 e. The molecule has 0 fully saturated rings.